The van der Waals surface area contributed by atoms with Crippen LogP contribution in [0.2, 0.25) is 0 Å². The van der Waals surface area contributed by atoms with E-state index in [1.807, 2.05) is 40.9 Å². The van der Waals surface area contributed by atoms with E-state index in [4.69, 9.17) is 5.11 Å². The zero-order chi connectivity index (χ0) is 17.6. The van der Waals surface area contributed by atoms with Gasteiger partial charge >= 0.3 is 5.97 Å². The zero-order valence-corrected chi connectivity index (χ0v) is 14.7. The summed E-state index contributed by atoms with van der Waals surface area (Å²) in [7, 11) is 0. The summed E-state index contributed by atoms with van der Waals surface area (Å²) in [5.41, 5.74) is 2.17. The van der Waals surface area contributed by atoms with E-state index in [1.54, 1.807) is 23.9 Å². The van der Waals surface area contributed by atoms with Crippen molar-refractivity contribution in [1.29, 1.82) is 0 Å². The first-order valence-electron chi connectivity index (χ1n) is 8.03. The maximum absolute atomic E-state index is 10.9. The van der Waals surface area contributed by atoms with E-state index in [1.165, 1.54) is 0 Å². The summed E-state index contributed by atoms with van der Waals surface area (Å²) in [6.07, 6.45) is 4.99. The molecule has 0 saturated heterocycles. The van der Waals surface area contributed by atoms with Crippen molar-refractivity contribution in [3.8, 4) is 0 Å². The molecule has 0 radical (unpaired) electrons. The number of pyridine rings is 1. The molecule has 0 aliphatic heterocycles. The summed E-state index contributed by atoms with van der Waals surface area (Å²) < 4.78 is 2.01. The Hall–Kier alpha value is -2.38. The summed E-state index contributed by atoms with van der Waals surface area (Å²) in [5, 5.41) is 21.1. The fourth-order valence-electron chi connectivity index (χ4n) is 2.66. The van der Waals surface area contributed by atoms with Crippen LogP contribution in [0.1, 0.15) is 34.2 Å². The highest BCUT2D eigenvalue weighted by atomic mass is 32.2. The predicted octanol–water partition coefficient (Wildman–Crippen LogP) is 3.01. The number of thioether (sulfide) groups is 1. The lowest BCUT2D eigenvalue weighted by molar-refractivity contribution is 0.0697. The van der Waals surface area contributed by atoms with Gasteiger partial charge in [-0.15, -0.1) is 10.2 Å². The summed E-state index contributed by atoms with van der Waals surface area (Å²) in [5.74, 6) is 0.997. The van der Waals surface area contributed by atoms with Gasteiger partial charge in [-0.2, -0.15) is 11.8 Å². The molecule has 0 aliphatic rings. The minimum absolute atomic E-state index is 0.0731. The van der Waals surface area contributed by atoms with E-state index in [-0.39, 0.29) is 6.04 Å². The van der Waals surface area contributed by atoms with Gasteiger partial charge in [-0.3, -0.25) is 4.40 Å². The lowest BCUT2D eigenvalue weighted by atomic mass is 10.1. The number of aromatic nitrogens is 3. The van der Waals surface area contributed by atoms with Gasteiger partial charge in [0, 0.05) is 12.7 Å². The van der Waals surface area contributed by atoms with E-state index in [0.717, 1.165) is 29.2 Å². The Morgan fingerprint density at radius 2 is 2.04 bits per heavy atom. The highest BCUT2D eigenvalue weighted by Crippen LogP contribution is 2.19. The van der Waals surface area contributed by atoms with Gasteiger partial charge in [0.25, 0.3) is 0 Å². The summed E-state index contributed by atoms with van der Waals surface area (Å²) >= 11 is 1.80. The number of hydrogen-bond acceptors (Lipinski definition) is 5. The van der Waals surface area contributed by atoms with Gasteiger partial charge in [-0.1, -0.05) is 18.2 Å². The molecule has 2 aromatic heterocycles. The van der Waals surface area contributed by atoms with Crippen molar-refractivity contribution in [2.24, 2.45) is 0 Å². The van der Waals surface area contributed by atoms with Crippen LogP contribution in [0.25, 0.3) is 5.65 Å². The third kappa shape index (κ3) is 4.18. The van der Waals surface area contributed by atoms with Gasteiger partial charge in [0.1, 0.15) is 0 Å². The molecular weight excluding hydrogens is 336 g/mol. The molecule has 0 saturated carbocycles. The van der Waals surface area contributed by atoms with Crippen LogP contribution in [0.3, 0.4) is 0 Å². The number of rotatable bonds is 8. The third-order valence-electron chi connectivity index (χ3n) is 4.02. The van der Waals surface area contributed by atoms with Crippen molar-refractivity contribution in [3.05, 3.63) is 65.6 Å². The van der Waals surface area contributed by atoms with E-state index in [9.17, 15) is 4.79 Å². The number of nitrogens with one attached hydrogen (secondary N) is 1. The monoisotopic (exact) mass is 356 g/mol. The van der Waals surface area contributed by atoms with Crippen molar-refractivity contribution < 1.29 is 9.90 Å². The molecule has 7 heteroatoms. The van der Waals surface area contributed by atoms with Crippen molar-refractivity contribution in [1.82, 2.24) is 19.9 Å². The average molecular weight is 356 g/mol. The summed E-state index contributed by atoms with van der Waals surface area (Å²) in [6.45, 7) is 0.640. The van der Waals surface area contributed by atoms with Gasteiger partial charge in [0.05, 0.1) is 11.6 Å². The molecule has 3 aromatic rings. The lowest BCUT2D eigenvalue weighted by Gasteiger charge is -2.17. The molecular formula is C18H20N4O2S. The van der Waals surface area contributed by atoms with E-state index in [2.05, 4.69) is 21.8 Å². The molecule has 0 amide bonds. The normalized spacial score (nSPS) is 12.4. The summed E-state index contributed by atoms with van der Waals surface area (Å²) in [4.78, 5) is 10.9. The standard InChI is InChI=1S/C18H20N4O2S/c1-25-11-9-15(17-21-20-16-4-2-3-10-22(16)17)19-12-13-5-7-14(8-6-13)18(23)24/h2-8,10,15,19H,9,11-12H2,1H3,(H,23,24). The molecule has 25 heavy (non-hydrogen) atoms. The fraction of sp³-hybridized carbons (Fsp3) is 0.278. The zero-order valence-electron chi connectivity index (χ0n) is 13.9. The molecule has 0 bridgehead atoms. The summed E-state index contributed by atoms with van der Waals surface area (Å²) in [6, 6.07) is 12.9. The number of nitrogens with zero attached hydrogens (tertiary/aromatic N) is 3. The Bertz CT molecular complexity index is 848. The van der Waals surface area contributed by atoms with Crippen LogP contribution < -0.4 is 5.32 Å². The largest absolute Gasteiger partial charge is 0.478 e. The van der Waals surface area contributed by atoms with E-state index < -0.39 is 5.97 Å². The molecule has 1 aromatic carbocycles. The Labute approximate surface area is 150 Å². The second-order valence-electron chi connectivity index (χ2n) is 5.70. The quantitative estimate of drug-likeness (QED) is 0.646. The number of carboxylic acids is 1. The first kappa shape index (κ1) is 17.4. The van der Waals surface area contributed by atoms with Gasteiger partial charge in [-0.05, 0) is 48.3 Å². The maximum Gasteiger partial charge on any atom is 0.335 e. The Morgan fingerprint density at radius 3 is 2.76 bits per heavy atom. The van der Waals surface area contributed by atoms with Gasteiger partial charge in [0.15, 0.2) is 11.5 Å². The molecule has 0 aliphatic carbocycles. The number of carboxylic acid groups (broad SMARTS) is 1. The smallest absolute Gasteiger partial charge is 0.335 e. The number of fused-ring (bicyclic) bond motifs is 1. The third-order valence-corrected chi connectivity index (χ3v) is 4.66. The van der Waals surface area contributed by atoms with E-state index >= 15 is 0 Å². The Balaban J connectivity index is 1.76. The first-order valence-corrected chi connectivity index (χ1v) is 9.42. The van der Waals surface area contributed by atoms with Crippen LogP contribution in [0, 0.1) is 0 Å². The highest BCUT2D eigenvalue weighted by Gasteiger charge is 2.17. The SMILES string of the molecule is CSCCC(NCc1ccc(C(=O)O)cc1)c1nnc2ccccn12. The van der Waals surface area contributed by atoms with Gasteiger partial charge < -0.3 is 10.4 Å². The number of carbonyl (C=O) groups is 1. The molecule has 0 fully saturated rings. The second kappa shape index (κ2) is 8.13. The number of benzene rings is 1. The molecule has 0 spiro atoms. The Kier molecular flexibility index (Phi) is 5.67. The fourth-order valence-corrected chi connectivity index (χ4v) is 3.13. The topological polar surface area (TPSA) is 79.5 Å². The maximum atomic E-state index is 10.9. The van der Waals surface area contributed by atoms with Gasteiger partial charge in [-0.25, -0.2) is 4.79 Å². The number of hydrogen-bond donors (Lipinski definition) is 2. The van der Waals surface area contributed by atoms with Crippen LogP contribution in [0.4, 0.5) is 0 Å². The van der Waals surface area contributed by atoms with Crippen LogP contribution >= 0.6 is 11.8 Å². The molecule has 2 N–H and O–H groups in total. The van der Waals surface area contributed by atoms with Crippen LogP contribution in [-0.4, -0.2) is 37.7 Å². The van der Waals surface area contributed by atoms with Gasteiger partial charge in [0.2, 0.25) is 0 Å². The minimum Gasteiger partial charge on any atom is -0.478 e. The van der Waals surface area contributed by atoms with Crippen molar-refractivity contribution in [2.45, 2.75) is 19.0 Å². The molecule has 1 unspecified atom stereocenters. The molecule has 6 nitrogen and oxygen atoms in total. The number of aromatic carboxylic acids is 1. The van der Waals surface area contributed by atoms with E-state index in [0.29, 0.717) is 12.1 Å². The molecule has 1 atom stereocenters. The van der Waals surface area contributed by atoms with Crippen LogP contribution in [0.5, 0.6) is 0 Å². The second-order valence-corrected chi connectivity index (χ2v) is 6.69. The average Bonchev–Trinajstić information content (AvgIpc) is 3.06. The molecule has 2 heterocycles. The first-order chi connectivity index (χ1) is 12.2. The molecule has 3 rings (SSSR count). The molecule has 130 valence electrons. The van der Waals surface area contributed by atoms with Crippen molar-refractivity contribution >= 4 is 23.4 Å². The Morgan fingerprint density at radius 1 is 1.24 bits per heavy atom. The predicted molar refractivity (Wildman–Crippen MR) is 99.0 cm³/mol. The van der Waals surface area contributed by atoms with Crippen molar-refractivity contribution in [2.75, 3.05) is 12.0 Å². The van der Waals surface area contributed by atoms with Crippen LogP contribution in [0.15, 0.2) is 48.7 Å². The van der Waals surface area contributed by atoms with Crippen LogP contribution in [-0.2, 0) is 6.54 Å². The lowest BCUT2D eigenvalue weighted by Crippen LogP contribution is -2.23. The van der Waals surface area contributed by atoms with Crippen molar-refractivity contribution in [3.63, 3.8) is 0 Å². The minimum atomic E-state index is -0.910. The highest BCUT2D eigenvalue weighted by molar-refractivity contribution is 7.98.